The van der Waals surface area contributed by atoms with Crippen LogP contribution in [0.3, 0.4) is 0 Å². The van der Waals surface area contributed by atoms with Gasteiger partial charge < -0.3 is 9.47 Å². The van der Waals surface area contributed by atoms with E-state index in [1.807, 2.05) is 0 Å². The topological polar surface area (TPSA) is 18.5 Å². The minimum absolute atomic E-state index is 0.161. The summed E-state index contributed by atoms with van der Waals surface area (Å²) in [6.07, 6.45) is -0.422. The van der Waals surface area contributed by atoms with Gasteiger partial charge in [-0.2, -0.15) is 0 Å². The molecule has 0 saturated carbocycles. The molecule has 0 aliphatic heterocycles. The highest BCUT2D eigenvalue weighted by Gasteiger charge is 2.22. The summed E-state index contributed by atoms with van der Waals surface area (Å²) in [5.74, 6) is 0. The van der Waals surface area contributed by atoms with Gasteiger partial charge in [0.2, 0.25) is 0 Å². The van der Waals surface area contributed by atoms with Crippen LogP contribution >= 0.6 is 23.2 Å². The van der Waals surface area contributed by atoms with Crippen LogP contribution in [0, 0.1) is 0 Å². The fourth-order valence-corrected chi connectivity index (χ4v) is 0.897. The normalized spacial score (nSPS) is 17.4. The molecule has 2 unspecified atom stereocenters. The van der Waals surface area contributed by atoms with E-state index in [2.05, 4.69) is 0 Å². The maximum absolute atomic E-state index is 5.80. The average Bonchev–Trinajstić information content (AvgIpc) is 1.90. The summed E-state index contributed by atoms with van der Waals surface area (Å²) in [5.41, 5.74) is 0. The standard InChI is InChI=1S/C6H12Cl2O2/c1-4(7)5(8)6(9-2)10-3/h4-6H,1-3H3. The Balaban J connectivity index is 3.76. The van der Waals surface area contributed by atoms with Gasteiger partial charge in [-0.3, -0.25) is 0 Å². The average molecular weight is 187 g/mol. The third-order valence-corrected chi connectivity index (χ3v) is 2.15. The second kappa shape index (κ2) is 5.19. The van der Waals surface area contributed by atoms with Crippen molar-refractivity contribution in [1.82, 2.24) is 0 Å². The van der Waals surface area contributed by atoms with E-state index in [-0.39, 0.29) is 10.8 Å². The fourth-order valence-electron chi connectivity index (χ4n) is 0.573. The molecule has 4 heteroatoms. The first kappa shape index (κ1) is 10.5. The van der Waals surface area contributed by atoms with E-state index in [1.54, 1.807) is 6.92 Å². The van der Waals surface area contributed by atoms with E-state index in [1.165, 1.54) is 14.2 Å². The lowest BCUT2D eigenvalue weighted by Crippen LogP contribution is -2.31. The molecule has 0 aromatic rings. The van der Waals surface area contributed by atoms with Gasteiger partial charge in [0.1, 0.15) is 5.38 Å². The predicted octanol–water partition coefficient (Wildman–Crippen LogP) is 1.84. The van der Waals surface area contributed by atoms with Crippen molar-refractivity contribution in [3.05, 3.63) is 0 Å². The number of alkyl halides is 2. The Kier molecular flexibility index (Phi) is 5.45. The molecule has 62 valence electrons. The van der Waals surface area contributed by atoms with Gasteiger partial charge in [0, 0.05) is 14.2 Å². The maximum atomic E-state index is 5.80. The molecule has 0 spiro atoms. The molecule has 0 aromatic carbocycles. The first-order valence-electron chi connectivity index (χ1n) is 2.97. The number of ether oxygens (including phenoxy) is 2. The molecule has 0 saturated heterocycles. The summed E-state index contributed by atoms with van der Waals surface area (Å²) < 4.78 is 9.77. The predicted molar refractivity (Wildman–Crippen MR) is 42.8 cm³/mol. The van der Waals surface area contributed by atoms with Crippen LogP contribution < -0.4 is 0 Å². The molecule has 0 aromatic heterocycles. The Morgan fingerprint density at radius 1 is 1.10 bits per heavy atom. The van der Waals surface area contributed by atoms with Gasteiger partial charge in [-0.25, -0.2) is 0 Å². The first-order chi connectivity index (χ1) is 4.63. The van der Waals surface area contributed by atoms with Crippen LogP contribution in [0.1, 0.15) is 6.92 Å². The van der Waals surface area contributed by atoms with Crippen LogP contribution in [0.15, 0.2) is 0 Å². The van der Waals surface area contributed by atoms with Gasteiger partial charge >= 0.3 is 0 Å². The van der Waals surface area contributed by atoms with E-state index in [4.69, 9.17) is 32.7 Å². The highest BCUT2D eigenvalue weighted by atomic mass is 35.5. The number of hydrogen-bond acceptors (Lipinski definition) is 2. The van der Waals surface area contributed by atoms with Gasteiger partial charge in [-0.1, -0.05) is 0 Å². The Morgan fingerprint density at radius 3 is 1.60 bits per heavy atom. The monoisotopic (exact) mass is 186 g/mol. The molecule has 0 amide bonds. The smallest absolute Gasteiger partial charge is 0.174 e. The van der Waals surface area contributed by atoms with E-state index >= 15 is 0 Å². The van der Waals surface area contributed by atoms with Crippen molar-refractivity contribution in [3.63, 3.8) is 0 Å². The molecular weight excluding hydrogens is 175 g/mol. The van der Waals surface area contributed by atoms with Crippen molar-refractivity contribution in [3.8, 4) is 0 Å². The van der Waals surface area contributed by atoms with Crippen molar-refractivity contribution in [2.45, 2.75) is 24.0 Å². The second-order valence-electron chi connectivity index (χ2n) is 1.96. The van der Waals surface area contributed by atoms with Crippen molar-refractivity contribution in [2.24, 2.45) is 0 Å². The first-order valence-corrected chi connectivity index (χ1v) is 3.84. The summed E-state index contributed by atoms with van der Waals surface area (Å²) >= 11 is 11.5. The third kappa shape index (κ3) is 3.06. The Hall–Kier alpha value is 0.500. The summed E-state index contributed by atoms with van der Waals surface area (Å²) in [5, 5.41) is -0.469. The van der Waals surface area contributed by atoms with Crippen molar-refractivity contribution in [2.75, 3.05) is 14.2 Å². The molecule has 0 heterocycles. The lowest BCUT2D eigenvalue weighted by atomic mass is 10.3. The van der Waals surface area contributed by atoms with Crippen LogP contribution in [0.2, 0.25) is 0 Å². The molecule has 0 N–H and O–H groups in total. The van der Waals surface area contributed by atoms with Crippen molar-refractivity contribution < 1.29 is 9.47 Å². The Morgan fingerprint density at radius 2 is 1.50 bits per heavy atom. The van der Waals surface area contributed by atoms with Gasteiger partial charge in [0.25, 0.3) is 0 Å². The van der Waals surface area contributed by atoms with Crippen molar-refractivity contribution >= 4 is 23.2 Å². The van der Waals surface area contributed by atoms with E-state index in [9.17, 15) is 0 Å². The van der Waals surface area contributed by atoms with Gasteiger partial charge in [-0.05, 0) is 6.92 Å². The largest absolute Gasteiger partial charge is 0.354 e. The molecule has 0 rings (SSSR count). The molecule has 2 nitrogen and oxygen atoms in total. The number of halogens is 2. The molecular formula is C6H12Cl2O2. The van der Waals surface area contributed by atoms with Crippen LogP contribution in [-0.4, -0.2) is 31.3 Å². The summed E-state index contributed by atoms with van der Waals surface area (Å²) in [6.45, 7) is 1.80. The quantitative estimate of drug-likeness (QED) is 0.493. The maximum Gasteiger partial charge on any atom is 0.174 e. The number of methoxy groups -OCH3 is 2. The highest BCUT2D eigenvalue weighted by Crippen LogP contribution is 2.15. The summed E-state index contributed by atoms with van der Waals surface area (Å²) in [6, 6.07) is 0. The highest BCUT2D eigenvalue weighted by molar-refractivity contribution is 6.30. The zero-order valence-corrected chi connectivity index (χ0v) is 7.82. The van der Waals surface area contributed by atoms with Crippen molar-refractivity contribution in [1.29, 1.82) is 0 Å². The molecule has 0 aliphatic carbocycles. The molecule has 10 heavy (non-hydrogen) atoms. The lowest BCUT2D eigenvalue weighted by Gasteiger charge is -2.20. The minimum atomic E-state index is -0.422. The number of hydrogen-bond donors (Lipinski definition) is 0. The summed E-state index contributed by atoms with van der Waals surface area (Å²) in [7, 11) is 3.06. The Labute approximate surface area is 71.4 Å². The molecule has 0 radical (unpaired) electrons. The lowest BCUT2D eigenvalue weighted by molar-refractivity contribution is -0.102. The zero-order chi connectivity index (χ0) is 8.15. The molecule has 0 fully saturated rings. The molecule has 0 aliphatic rings. The van der Waals surface area contributed by atoms with Gasteiger partial charge in [0.15, 0.2) is 6.29 Å². The Bertz CT molecular complexity index is 83.8. The molecule has 2 atom stereocenters. The minimum Gasteiger partial charge on any atom is -0.354 e. The van der Waals surface area contributed by atoms with E-state index in [0.29, 0.717) is 0 Å². The van der Waals surface area contributed by atoms with Crippen LogP contribution in [0.5, 0.6) is 0 Å². The van der Waals surface area contributed by atoms with Crippen LogP contribution in [-0.2, 0) is 9.47 Å². The fraction of sp³-hybridized carbons (Fsp3) is 1.00. The van der Waals surface area contributed by atoms with Gasteiger partial charge in [0.05, 0.1) is 5.38 Å². The van der Waals surface area contributed by atoms with E-state index in [0.717, 1.165) is 0 Å². The third-order valence-electron chi connectivity index (χ3n) is 1.16. The zero-order valence-electron chi connectivity index (χ0n) is 6.30. The van der Waals surface area contributed by atoms with E-state index < -0.39 is 6.29 Å². The summed E-state index contributed by atoms with van der Waals surface area (Å²) in [4.78, 5) is 0. The van der Waals surface area contributed by atoms with Crippen LogP contribution in [0.4, 0.5) is 0 Å². The number of rotatable bonds is 4. The van der Waals surface area contributed by atoms with Gasteiger partial charge in [-0.15, -0.1) is 23.2 Å². The molecule has 0 bridgehead atoms. The SMILES string of the molecule is COC(OC)C(Cl)C(C)Cl. The second-order valence-corrected chi connectivity index (χ2v) is 3.15. The van der Waals surface area contributed by atoms with Crippen LogP contribution in [0.25, 0.3) is 0 Å².